The number of aryl methyl sites for hydroxylation is 2. The summed E-state index contributed by atoms with van der Waals surface area (Å²) in [6.07, 6.45) is 0. The van der Waals surface area contributed by atoms with Crippen molar-refractivity contribution in [1.29, 1.82) is 0 Å². The Morgan fingerprint density at radius 1 is 1.04 bits per heavy atom. The summed E-state index contributed by atoms with van der Waals surface area (Å²) in [4.78, 5) is 12.8. The van der Waals surface area contributed by atoms with Crippen LogP contribution in [0.5, 0.6) is 11.5 Å². The van der Waals surface area contributed by atoms with E-state index < -0.39 is 0 Å². The number of anilines is 1. The van der Waals surface area contributed by atoms with Gasteiger partial charge in [0.2, 0.25) is 0 Å². The van der Waals surface area contributed by atoms with Crippen LogP contribution >= 0.6 is 0 Å². The molecule has 3 rings (SSSR count). The van der Waals surface area contributed by atoms with Crippen molar-refractivity contribution >= 4 is 22.6 Å². The van der Waals surface area contributed by atoms with Gasteiger partial charge >= 0.3 is 0 Å². The largest absolute Gasteiger partial charge is 0.497 e. The molecule has 0 unspecified atom stereocenters. The number of amides is 1. The first-order valence-electron chi connectivity index (χ1n) is 7.56. The summed E-state index contributed by atoms with van der Waals surface area (Å²) in [6.45, 7) is 3.73. The van der Waals surface area contributed by atoms with E-state index >= 15 is 0 Å². The normalized spacial score (nSPS) is 10.7. The zero-order valence-electron chi connectivity index (χ0n) is 14.1. The smallest absolute Gasteiger partial charge is 0.259 e. The van der Waals surface area contributed by atoms with Gasteiger partial charge in [-0.2, -0.15) is 0 Å². The van der Waals surface area contributed by atoms with Crippen LogP contribution < -0.4 is 14.8 Å². The van der Waals surface area contributed by atoms with Gasteiger partial charge in [0.15, 0.2) is 0 Å². The Labute approximate surface area is 140 Å². The molecule has 5 heteroatoms. The summed E-state index contributed by atoms with van der Waals surface area (Å²) in [6, 6.07) is 11.0. The van der Waals surface area contributed by atoms with Gasteiger partial charge in [-0.3, -0.25) is 4.79 Å². The number of hydrogen-bond donors (Lipinski definition) is 1. The molecule has 24 heavy (non-hydrogen) atoms. The zero-order chi connectivity index (χ0) is 17.3. The van der Waals surface area contributed by atoms with E-state index in [1.165, 1.54) is 0 Å². The molecule has 0 radical (unpaired) electrons. The number of methoxy groups -OCH3 is 2. The van der Waals surface area contributed by atoms with E-state index in [1.807, 2.05) is 25.1 Å². The van der Waals surface area contributed by atoms with E-state index in [4.69, 9.17) is 13.9 Å². The van der Waals surface area contributed by atoms with Crippen LogP contribution in [0.4, 0.5) is 5.69 Å². The van der Waals surface area contributed by atoms with Gasteiger partial charge in [0.1, 0.15) is 22.8 Å². The Morgan fingerprint density at radius 2 is 1.83 bits per heavy atom. The van der Waals surface area contributed by atoms with Crippen LogP contribution in [0.25, 0.3) is 11.0 Å². The SMILES string of the molecule is COc1ccc2oc(C)c(C(=O)Nc3cc(C)ccc3OC)c2c1. The van der Waals surface area contributed by atoms with E-state index in [2.05, 4.69) is 5.32 Å². The molecule has 1 N–H and O–H groups in total. The minimum absolute atomic E-state index is 0.247. The maximum atomic E-state index is 12.8. The summed E-state index contributed by atoms with van der Waals surface area (Å²) in [7, 11) is 3.16. The van der Waals surface area contributed by atoms with E-state index in [-0.39, 0.29) is 5.91 Å². The van der Waals surface area contributed by atoms with Gasteiger partial charge in [0.25, 0.3) is 5.91 Å². The van der Waals surface area contributed by atoms with Crippen molar-refractivity contribution in [3.8, 4) is 11.5 Å². The number of fused-ring (bicyclic) bond motifs is 1. The molecule has 0 saturated heterocycles. The molecule has 0 bridgehead atoms. The molecule has 1 aromatic heterocycles. The third-order valence-electron chi connectivity index (χ3n) is 3.90. The van der Waals surface area contributed by atoms with Crippen molar-refractivity contribution in [3.05, 3.63) is 53.3 Å². The number of carbonyl (C=O) groups is 1. The number of hydrogen-bond acceptors (Lipinski definition) is 4. The molecule has 2 aromatic carbocycles. The van der Waals surface area contributed by atoms with Gasteiger partial charge in [-0.05, 0) is 49.7 Å². The summed E-state index contributed by atoms with van der Waals surface area (Å²) in [5, 5.41) is 3.63. The lowest BCUT2D eigenvalue weighted by Crippen LogP contribution is -2.13. The van der Waals surface area contributed by atoms with Crippen LogP contribution in [-0.4, -0.2) is 20.1 Å². The number of carbonyl (C=O) groups excluding carboxylic acids is 1. The van der Waals surface area contributed by atoms with Gasteiger partial charge in [-0.1, -0.05) is 6.07 Å². The molecule has 0 aliphatic carbocycles. The van der Waals surface area contributed by atoms with E-state index in [1.54, 1.807) is 39.3 Å². The van der Waals surface area contributed by atoms with Crippen molar-refractivity contribution < 1.29 is 18.7 Å². The topological polar surface area (TPSA) is 60.7 Å². The summed E-state index contributed by atoms with van der Waals surface area (Å²) >= 11 is 0. The number of ether oxygens (including phenoxy) is 2. The highest BCUT2D eigenvalue weighted by Gasteiger charge is 2.20. The van der Waals surface area contributed by atoms with Crippen LogP contribution in [0.1, 0.15) is 21.7 Å². The Kier molecular flexibility index (Phi) is 4.16. The van der Waals surface area contributed by atoms with Gasteiger partial charge in [-0.15, -0.1) is 0 Å². The third kappa shape index (κ3) is 2.80. The van der Waals surface area contributed by atoms with Crippen LogP contribution in [0.2, 0.25) is 0 Å². The fourth-order valence-electron chi connectivity index (χ4n) is 2.71. The molecular weight excluding hydrogens is 306 g/mol. The van der Waals surface area contributed by atoms with E-state index in [9.17, 15) is 4.79 Å². The highest BCUT2D eigenvalue weighted by Crippen LogP contribution is 2.31. The van der Waals surface area contributed by atoms with E-state index in [0.29, 0.717) is 34.1 Å². The highest BCUT2D eigenvalue weighted by molar-refractivity contribution is 6.13. The molecule has 0 spiro atoms. The van der Waals surface area contributed by atoms with Crippen molar-refractivity contribution in [2.45, 2.75) is 13.8 Å². The van der Waals surface area contributed by atoms with Crippen LogP contribution in [0.15, 0.2) is 40.8 Å². The lowest BCUT2D eigenvalue weighted by Gasteiger charge is -2.11. The zero-order valence-corrected chi connectivity index (χ0v) is 14.1. The second kappa shape index (κ2) is 6.28. The summed E-state index contributed by atoms with van der Waals surface area (Å²) in [5.74, 6) is 1.59. The molecule has 5 nitrogen and oxygen atoms in total. The Morgan fingerprint density at radius 3 is 2.54 bits per heavy atom. The molecule has 124 valence electrons. The number of rotatable bonds is 4. The molecule has 1 amide bonds. The van der Waals surface area contributed by atoms with Gasteiger partial charge < -0.3 is 19.2 Å². The quantitative estimate of drug-likeness (QED) is 0.776. The van der Waals surface area contributed by atoms with Crippen molar-refractivity contribution in [3.63, 3.8) is 0 Å². The lowest BCUT2D eigenvalue weighted by molar-refractivity contribution is 0.102. The first-order valence-corrected chi connectivity index (χ1v) is 7.56. The highest BCUT2D eigenvalue weighted by atomic mass is 16.5. The van der Waals surface area contributed by atoms with Gasteiger partial charge in [-0.25, -0.2) is 0 Å². The van der Waals surface area contributed by atoms with Gasteiger partial charge in [0, 0.05) is 5.39 Å². The number of nitrogens with one attached hydrogen (secondary N) is 1. The number of furan rings is 1. The van der Waals surface area contributed by atoms with Crippen molar-refractivity contribution in [1.82, 2.24) is 0 Å². The van der Waals surface area contributed by atoms with Crippen LogP contribution in [-0.2, 0) is 0 Å². The molecule has 0 atom stereocenters. The fraction of sp³-hybridized carbons (Fsp3) is 0.211. The van der Waals surface area contributed by atoms with E-state index in [0.717, 1.165) is 10.9 Å². The average molecular weight is 325 g/mol. The minimum atomic E-state index is -0.247. The molecule has 0 aliphatic heterocycles. The van der Waals surface area contributed by atoms with Crippen LogP contribution in [0, 0.1) is 13.8 Å². The second-order valence-electron chi connectivity index (χ2n) is 5.55. The predicted octanol–water partition coefficient (Wildman–Crippen LogP) is 4.32. The summed E-state index contributed by atoms with van der Waals surface area (Å²) < 4.78 is 16.2. The Balaban J connectivity index is 2.03. The molecule has 0 fully saturated rings. The first-order chi connectivity index (χ1) is 11.5. The molecular formula is C19H19NO4. The number of benzene rings is 2. The molecule has 3 aromatic rings. The van der Waals surface area contributed by atoms with Gasteiger partial charge in [0.05, 0.1) is 25.5 Å². The summed E-state index contributed by atoms with van der Waals surface area (Å²) in [5.41, 5.74) is 2.79. The fourth-order valence-corrected chi connectivity index (χ4v) is 2.71. The third-order valence-corrected chi connectivity index (χ3v) is 3.90. The Hall–Kier alpha value is -2.95. The predicted molar refractivity (Wildman–Crippen MR) is 93.2 cm³/mol. The monoisotopic (exact) mass is 325 g/mol. The van der Waals surface area contributed by atoms with Crippen molar-refractivity contribution in [2.24, 2.45) is 0 Å². The first kappa shape index (κ1) is 15.9. The molecule has 0 saturated carbocycles. The lowest BCUT2D eigenvalue weighted by atomic mass is 10.1. The standard InChI is InChI=1S/C19H19NO4/c1-11-5-7-17(23-4)15(9-11)20-19(21)18-12(2)24-16-8-6-13(22-3)10-14(16)18/h5-10H,1-4H3,(H,20,21). The minimum Gasteiger partial charge on any atom is -0.497 e. The van der Waals surface area contributed by atoms with Crippen LogP contribution in [0.3, 0.4) is 0 Å². The molecule has 1 heterocycles. The average Bonchev–Trinajstić information content (AvgIpc) is 2.89. The van der Waals surface area contributed by atoms with Crippen molar-refractivity contribution in [2.75, 3.05) is 19.5 Å². The second-order valence-corrected chi connectivity index (χ2v) is 5.55. The maximum Gasteiger partial charge on any atom is 0.259 e. The maximum absolute atomic E-state index is 12.8. The Bertz CT molecular complexity index is 911. The molecule has 0 aliphatic rings.